The largest absolute Gasteiger partial charge is 0.198 e. The van der Waals surface area contributed by atoms with Gasteiger partial charge in [-0.2, -0.15) is 5.26 Å². The standard InChI is InChI=1S/C11H15N.C2H6/c1-4-11(6-5-9-12)8-7-10(2)3;1-2/h4,7-8H,1,5-6H2,2-3H3;1-2H3/b11-8+;. The van der Waals surface area contributed by atoms with E-state index in [-0.39, 0.29) is 0 Å². The first-order valence-corrected chi connectivity index (χ1v) is 5.04. The smallest absolute Gasteiger partial charge is 0.0625 e. The van der Waals surface area contributed by atoms with Gasteiger partial charge in [0.05, 0.1) is 6.07 Å². The molecule has 14 heavy (non-hydrogen) atoms. The molecule has 1 heteroatoms. The molecule has 1 nitrogen and oxygen atoms in total. The number of allylic oxidation sites excluding steroid dienone is 5. The van der Waals surface area contributed by atoms with Gasteiger partial charge in [0.1, 0.15) is 0 Å². The molecule has 0 saturated heterocycles. The lowest BCUT2D eigenvalue weighted by Crippen LogP contribution is -1.76. The SMILES string of the molecule is C=C/C(=C\C=C(C)C)CCC#N.CC. The molecule has 0 fully saturated rings. The van der Waals surface area contributed by atoms with E-state index in [1.54, 1.807) is 6.08 Å². The van der Waals surface area contributed by atoms with Crippen molar-refractivity contribution in [2.45, 2.75) is 40.5 Å². The molecule has 0 amide bonds. The van der Waals surface area contributed by atoms with Gasteiger partial charge in [0.15, 0.2) is 0 Å². The fraction of sp³-hybridized carbons (Fsp3) is 0.462. The second-order valence-corrected chi connectivity index (χ2v) is 2.85. The molecule has 0 rings (SSSR count). The van der Waals surface area contributed by atoms with Crippen LogP contribution >= 0.6 is 0 Å². The van der Waals surface area contributed by atoms with Crippen LogP contribution in [0.25, 0.3) is 0 Å². The Morgan fingerprint density at radius 1 is 1.29 bits per heavy atom. The highest BCUT2D eigenvalue weighted by Crippen LogP contribution is 2.06. The van der Waals surface area contributed by atoms with Crippen molar-refractivity contribution in [3.8, 4) is 6.07 Å². The molecule has 0 aromatic rings. The van der Waals surface area contributed by atoms with Crippen molar-refractivity contribution in [3.63, 3.8) is 0 Å². The second kappa shape index (κ2) is 11.7. The summed E-state index contributed by atoms with van der Waals surface area (Å²) in [5.74, 6) is 0. The Labute approximate surface area is 88.4 Å². The molecule has 0 saturated carbocycles. The van der Waals surface area contributed by atoms with Gasteiger partial charge in [-0.05, 0) is 25.8 Å². The molecule has 0 heterocycles. The number of hydrogen-bond donors (Lipinski definition) is 0. The molecule has 0 aromatic heterocycles. The van der Waals surface area contributed by atoms with Gasteiger partial charge < -0.3 is 0 Å². The molecule has 0 radical (unpaired) electrons. The normalized spacial score (nSPS) is 9.21. The summed E-state index contributed by atoms with van der Waals surface area (Å²) in [5, 5.41) is 8.36. The topological polar surface area (TPSA) is 23.8 Å². The van der Waals surface area contributed by atoms with E-state index >= 15 is 0 Å². The van der Waals surface area contributed by atoms with Crippen LogP contribution in [0.4, 0.5) is 0 Å². The fourth-order valence-electron chi connectivity index (χ4n) is 0.727. The van der Waals surface area contributed by atoms with Crippen LogP contribution < -0.4 is 0 Å². The Morgan fingerprint density at radius 3 is 2.21 bits per heavy atom. The van der Waals surface area contributed by atoms with Crippen molar-refractivity contribution in [1.82, 2.24) is 0 Å². The molecule has 0 atom stereocenters. The fourth-order valence-corrected chi connectivity index (χ4v) is 0.727. The third-order valence-corrected chi connectivity index (χ3v) is 1.42. The third kappa shape index (κ3) is 10.7. The maximum absolute atomic E-state index is 8.36. The maximum atomic E-state index is 8.36. The van der Waals surface area contributed by atoms with Crippen LogP contribution in [-0.4, -0.2) is 0 Å². The first-order chi connectivity index (χ1) is 6.70. The summed E-state index contributed by atoms with van der Waals surface area (Å²) < 4.78 is 0. The summed E-state index contributed by atoms with van der Waals surface area (Å²) in [6.07, 6.45) is 7.21. The van der Waals surface area contributed by atoms with Crippen molar-refractivity contribution in [2.75, 3.05) is 0 Å². The Kier molecular flexibility index (Phi) is 12.7. The van der Waals surface area contributed by atoms with E-state index in [4.69, 9.17) is 5.26 Å². The first-order valence-electron chi connectivity index (χ1n) is 5.04. The van der Waals surface area contributed by atoms with Gasteiger partial charge in [0, 0.05) is 6.42 Å². The van der Waals surface area contributed by atoms with Crippen LogP contribution in [-0.2, 0) is 0 Å². The highest BCUT2D eigenvalue weighted by atomic mass is 14.2. The molecule has 0 unspecified atom stereocenters. The third-order valence-electron chi connectivity index (χ3n) is 1.42. The van der Waals surface area contributed by atoms with Crippen LogP contribution in [0.1, 0.15) is 40.5 Å². The monoisotopic (exact) mass is 191 g/mol. The molecular formula is C13H21N. The predicted molar refractivity (Wildman–Crippen MR) is 63.9 cm³/mol. The average Bonchev–Trinajstić information content (AvgIpc) is 2.21. The van der Waals surface area contributed by atoms with E-state index in [1.165, 1.54) is 5.57 Å². The molecule has 0 aliphatic carbocycles. The van der Waals surface area contributed by atoms with Crippen molar-refractivity contribution < 1.29 is 0 Å². The molecule has 78 valence electrons. The van der Waals surface area contributed by atoms with E-state index in [1.807, 2.05) is 39.8 Å². The molecule has 0 aliphatic heterocycles. The summed E-state index contributed by atoms with van der Waals surface area (Å²) in [4.78, 5) is 0. The molecule has 0 aliphatic rings. The van der Waals surface area contributed by atoms with Crippen molar-refractivity contribution in [3.05, 3.63) is 36.0 Å². The van der Waals surface area contributed by atoms with Crippen LogP contribution in [0.3, 0.4) is 0 Å². The summed E-state index contributed by atoms with van der Waals surface area (Å²) in [6.45, 7) is 11.8. The highest BCUT2D eigenvalue weighted by molar-refractivity contribution is 5.24. The average molecular weight is 191 g/mol. The second-order valence-electron chi connectivity index (χ2n) is 2.85. The zero-order chi connectivity index (χ0) is 11.4. The zero-order valence-electron chi connectivity index (χ0n) is 9.80. The molecule has 0 spiro atoms. The quantitative estimate of drug-likeness (QED) is 0.604. The lowest BCUT2D eigenvalue weighted by Gasteiger charge is -1.94. The van der Waals surface area contributed by atoms with Crippen molar-refractivity contribution in [1.29, 1.82) is 5.26 Å². The van der Waals surface area contributed by atoms with Gasteiger partial charge in [-0.3, -0.25) is 0 Å². The Bertz CT molecular complexity index is 234. The first kappa shape index (κ1) is 15.2. The highest BCUT2D eigenvalue weighted by Gasteiger charge is 1.88. The minimum absolute atomic E-state index is 0.564. The number of hydrogen-bond acceptors (Lipinski definition) is 1. The lowest BCUT2D eigenvalue weighted by atomic mass is 10.1. The number of nitrogens with zero attached hydrogens (tertiary/aromatic N) is 1. The van der Waals surface area contributed by atoms with E-state index in [0.29, 0.717) is 6.42 Å². The Hall–Kier alpha value is -1.29. The summed E-state index contributed by atoms with van der Waals surface area (Å²) >= 11 is 0. The number of rotatable bonds is 4. The van der Waals surface area contributed by atoms with Gasteiger partial charge in [-0.15, -0.1) is 0 Å². The van der Waals surface area contributed by atoms with Gasteiger partial charge in [0.2, 0.25) is 0 Å². The Balaban J connectivity index is 0. The Morgan fingerprint density at radius 2 is 1.86 bits per heavy atom. The van der Waals surface area contributed by atoms with Crippen LogP contribution in [0.2, 0.25) is 0 Å². The summed E-state index contributed by atoms with van der Waals surface area (Å²) in [6, 6.07) is 2.11. The van der Waals surface area contributed by atoms with Crippen LogP contribution in [0.15, 0.2) is 36.0 Å². The van der Waals surface area contributed by atoms with Gasteiger partial charge in [-0.1, -0.05) is 44.2 Å². The number of nitriles is 1. The minimum Gasteiger partial charge on any atom is -0.198 e. The van der Waals surface area contributed by atoms with E-state index < -0.39 is 0 Å². The molecule has 0 N–H and O–H groups in total. The summed E-state index contributed by atoms with van der Waals surface area (Å²) in [5.41, 5.74) is 2.38. The zero-order valence-corrected chi connectivity index (χ0v) is 9.80. The summed E-state index contributed by atoms with van der Waals surface area (Å²) in [7, 11) is 0. The minimum atomic E-state index is 0.564. The van der Waals surface area contributed by atoms with Crippen molar-refractivity contribution in [2.24, 2.45) is 0 Å². The molecule has 0 bridgehead atoms. The van der Waals surface area contributed by atoms with Crippen LogP contribution in [0, 0.1) is 11.3 Å². The van der Waals surface area contributed by atoms with Crippen molar-refractivity contribution >= 4 is 0 Å². The van der Waals surface area contributed by atoms with Crippen LogP contribution in [0.5, 0.6) is 0 Å². The van der Waals surface area contributed by atoms with Gasteiger partial charge in [0.25, 0.3) is 0 Å². The lowest BCUT2D eigenvalue weighted by molar-refractivity contribution is 1.02. The molecular weight excluding hydrogens is 170 g/mol. The van der Waals surface area contributed by atoms with Gasteiger partial charge in [-0.25, -0.2) is 0 Å². The maximum Gasteiger partial charge on any atom is 0.0625 e. The molecule has 0 aromatic carbocycles. The van der Waals surface area contributed by atoms with Gasteiger partial charge >= 0.3 is 0 Å². The predicted octanol–water partition coefficient (Wildman–Crippen LogP) is 4.39. The van der Waals surface area contributed by atoms with E-state index in [2.05, 4.69) is 12.6 Å². The van der Waals surface area contributed by atoms with E-state index in [9.17, 15) is 0 Å². The van der Waals surface area contributed by atoms with E-state index in [0.717, 1.165) is 12.0 Å².